The second kappa shape index (κ2) is 5.44. The number of carboxylic acid groups (broad SMARTS) is 1. The van der Waals surface area contributed by atoms with Crippen LogP contribution in [0.5, 0.6) is 0 Å². The van der Waals surface area contributed by atoms with Gasteiger partial charge in [0, 0.05) is 0 Å². The second-order valence-corrected chi connectivity index (χ2v) is 4.64. The van der Waals surface area contributed by atoms with Gasteiger partial charge in [-0.25, -0.2) is 13.6 Å². The molecule has 0 unspecified atom stereocenters. The predicted octanol–water partition coefficient (Wildman–Crippen LogP) is 2.21. The normalized spacial score (nSPS) is 16.8. The molecule has 2 N–H and O–H groups in total. The third-order valence-electron chi connectivity index (χ3n) is 3.30. The van der Waals surface area contributed by atoms with Crippen molar-refractivity contribution in [1.29, 1.82) is 0 Å². The van der Waals surface area contributed by atoms with Gasteiger partial charge in [-0.1, -0.05) is 0 Å². The maximum atomic E-state index is 13.5. The highest BCUT2D eigenvalue weighted by molar-refractivity contribution is 5.88. The van der Waals surface area contributed by atoms with Crippen molar-refractivity contribution in [3.63, 3.8) is 0 Å². The van der Waals surface area contributed by atoms with Crippen LogP contribution < -0.4 is 5.32 Å². The Labute approximate surface area is 104 Å². The number of aromatic carboxylic acids is 1. The van der Waals surface area contributed by atoms with Gasteiger partial charge in [0.05, 0.1) is 0 Å². The van der Waals surface area contributed by atoms with Crippen molar-refractivity contribution in [1.82, 2.24) is 5.32 Å². The molecule has 3 nitrogen and oxygen atoms in total. The summed E-state index contributed by atoms with van der Waals surface area (Å²) in [5.41, 5.74) is -0.342. The largest absolute Gasteiger partial charge is 0.477 e. The lowest BCUT2D eigenvalue weighted by molar-refractivity contribution is 0.0686. The molecule has 2 rings (SSSR count). The lowest BCUT2D eigenvalue weighted by Crippen LogP contribution is -2.28. The van der Waals surface area contributed by atoms with Crippen LogP contribution in [-0.4, -0.2) is 24.2 Å². The van der Waals surface area contributed by atoms with E-state index in [0.717, 1.165) is 38.1 Å². The molecule has 0 radical (unpaired) electrons. The van der Waals surface area contributed by atoms with Crippen LogP contribution in [0, 0.1) is 17.6 Å². The van der Waals surface area contributed by atoms with Crippen LogP contribution in [0.1, 0.15) is 28.8 Å². The molecule has 1 aromatic rings. The molecule has 1 fully saturated rings. The fourth-order valence-corrected chi connectivity index (χ4v) is 2.37. The Hall–Kier alpha value is -1.49. The summed E-state index contributed by atoms with van der Waals surface area (Å²) < 4.78 is 27.0. The summed E-state index contributed by atoms with van der Waals surface area (Å²) in [6, 6.07) is 2.27. The van der Waals surface area contributed by atoms with Crippen LogP contribution in [-0.2, 0) is 6.42 Å². The molecule has 98 valence electrons. The van der Waals surface area contributed by atoms with E-state index in [-0.39, 0.29) is 0 Å². The average Bonchev–Trinajstić information content (AvgIpc) is 2.28. The van der Waals surface area contributed by atoms with E-state index < -0.39 is 23.2 Å². The first-order chi connectivity index (χ1) is 8.58. The Morgan fingerprint density at radius 2 is 1.83 bits per heavy atom. The quantitative estimate of drug-likeness (QED) is 0.870. The molecule has 0 amide bonds. The van der Waals surface area contributed by atoms with Crippen LogP contribution in [0.25, 0.3) is 0 Å². The molecule has 0 bridgehead atoms. The number of nitrogens with one attached hydrogen (secondary N) is 1. The minimum atomic E-state index is -1.57. The lowest BCUT2D eigenvalue weighted by Gasteiger charge is -2.22. The summed E-state index contributed by atoms with van der Waals surface area (Å²) in [7, 11) is 0. The smallest absolute Gasteiger partial charge is 0.341 e. The number of rotatable bonds is 3. The molecule has 0 spiro atoms. The molecular formula is C13H15F2NO2. The Morgan fingerprint density at radius 3 is 2.33 bits per heavy atom. The van der Waals surface area contributed by atoms with Gasteiger partial charge < -0.3 is 10.4 Å². The molecule has 5 heteroatoms. The maximum Gasteiger partial charge on any atom is 0.341 e. The topological polar surface area (TPSA) is 49.3 Å². The fourth-order valence-electron chi connectivity index (χ4n) is 2.37. The molecule has 1 aliphatic rings. The van der Waals surface area contributed by atoms with Crippen molar-refractivity contribution in [3.8, 4) is 0 Å². The summed E-state index contributed by atoms with van der Waals surface area (Å²) in [6.07, 6.45) is 2.54. The zero-order valence-corrected chi connectivity index (χ0v) is 9.88. The Bertz CT molecular complexity index is 433. The van der Waals surface area contributed by atoms with Crippen molar-refractivity contribution in [2.75, 3.05) is 13.1 Å². The Morgan fingerprint density at radius 1 is 1.28 bits per heavy atom. The monoisotopic (exact) mass is 255 g/mol. The third kappa shape index (κ3) is 2.85. The van der Waals surface area contributed by atoms with E-state index in [1.54, 1.807) is 0 Å². The molecular weight excluding hydrogens is 240 g/mol. The zero-order valence-electron chi connectivity index (χ0n) is 9.88. The first-order valence-corrected chi connectivity index (χ1v) is 6.00. The number of hydrogen-bond acceptors (Lipinski definition) is 2. The van der Waals surface area contributed by atoms with Gasteiger partial charge in [0.2, 0.25) is 0 Å². The van der Waals surface area contributed by atoms with Crippen molar-refractivity contribution < 1.29 is 18.7 Å². The summed E-state index contributed by atoms with van der Waals surface area (Å²) in [5.74, 6) is -3.16. The Kier molecular flexibility index (Phi) is 3.91. The van der Waals surface area contributed by atoms with Crippen LogP contribution in [0.3, 0.4) is 0 Å². The maximum absolute atomic E-state index is 13.5. The van der Waals surface area contributed by atoms with E-state index in [1.165, 1.54) is 0 Å². The summed E-state index contributed by atoms with van der Waals surface area (Å²) in [6.45, 7) is 1.84. The predicted molar refractivity (Wildman–Crippen MR) is 62.6 cm³/mol. The molecule has 1 heterocycles. The summed E-state index contributed by atoms with van der Waals surface area (Å²) in [4.78, 5) is 10.7. The fraction of sp³-hybridized carbons (Fsp3) is 0.462. The number of carboxylic acids is 1. The van der Waals surface area contributed by atoms with E-state index in [1.807, 2.05) is 0 Å². The first-order valence-electron chi connectivity index (χ1n) is 6.00. The van der Waals surface area contributed by atoms with Crippen molar-refractivity contribution in [2.24, 2.45) is 5.92 Å². The van der Waals surface area contributed by atoms with Crippen LogP contribution in [0.2, 0.25) is 0 Å². The molecule has 1 saturated heterocycles. The number of piperidine rings is 1. The number of carbonyl (C=O) groups is 1. The van der Waals surface area contributed by atoms with Crippen molar-refractivity contribution in [2.45, 2.75) is 19.3 Å². The van der Waals surface area contributed by atoms with Gasteiger partial charge in [-0.3, -0.25) is 0 Å². The van der Waals surface area contributed by atoms with Crippen molar-refractivity contribution >= 4 is 5.97 Å². The third-order valence-corrected chi connectivity index (χ3v) is 3.30. The van der Waals surface area contributed by atoms with E-state index in [4.69, 9.17) is 5.11 Å². The van der Waals surface area contributed by atoms with Crippen LogP contribution in [0.4, 0.5) is 8.78 Å². The molecule has 1 aliphatic heterocycles. The van der Waals surface area contributed by atoms with Crippen LogP contribution in [0.15, 0.2) is 12.1 Å². The van der Waals surface area contributed by atoms with Gasteiger partial charge in [-0.15, -0.1) is 0 Å². The van der Waals surface area contributed by atoms with Gasteiger partial charge in [0.15, 0.2) is 0 Å². The van der Waals surface area contributed by atoms with Gasteiger partial charge >= 0.3 is 5.97 Å². The molecule has 0 aliphatic carbocycles. The minimum Gasteiger partial charge on any atom is -0.477 e. The van der Waals surface area contributed by atoms with E-state index >= 15 is 0 Å². The summed E-state index contributed by atoms with van der Waals surface area (Å²) in [5, 5.41) is 11.9. The molecule has 0 saturated carbocycles. The number of benzene rings is 1. The second-order valence-electron chi connectivity index (χ2n) is 4.64. The highest BCUT2D eigenvalue weighted by atomic mass is 19.1. The Balaban J connectivity index is 2.17. The highest BCUT2D eigenvalue weighted by Gasteiger charge is 2.20. The molecule has 0 atom stereocenters. The van der Waals surface area contributed by atoms with Gasteiger partial charge in [0.1, 0.15) is 17.2 Å². The SMILES string of the molecule is O=C(O)c1c(F)cc(CC2CCNCC2)cc1F. The minimum absolute atomic E-state index is 0.403. The van der Waals surface area contributed by atoms with Gasteiger partial charge in [0.25, 0.3) is 0 Å². The molecule has 1 aromatic carbocycles. The molecule has 18 heavy (non-hydrogen) atoms. The first kappa shape index (κ1) is 13.0. The lowest BCUT2D eigenvalue weighted by atomic mass is 9.90. The number of hydrogen-bond donors (Lipinski definition) is 2. The van der Waals surface area contributed by atoms with E-state index in [0.29, 0.717) is 17.9 Å². The van der Waals surface area contributed by atoms with Crippen molar-refractivity contribution in [3.05, 3.63) is 34.9 Å². The van der Waals surface area contributed by atoms with Gasteiger partial charge in [-0.05, 0) is 56.0 Å². The number of halogens is 2. The summed E-state index contributed by atoms with van der Waals surface area (Å²) >= 11 is 0. The van der Waals surface area contributed by atoms with E-state index in [9.17, 15) is 13.6 Å². The van der Waals surface area contributed by atoms with Crippen LogP contribution >= 0.6 is 0 Å². The average molecular weight is 255 g/mol. The van der Waals surface area contributed by atoms with E-state index in [2.05, 4.69) is 5.32 Å². The highest BCUT2D eigenvalue weighted by Crippen LogP contribution is 2.21. The van der Waals surface area contributed by atoms with Gasteiger partial charge in [-0.2, -0.15) is 0 Å². The standard InChI is InChI=1S/C13H15F2NO2/c14-10-6-9(5-8-1-3-16-4-2-8)7-11(15)12(10)13(17)18/h6-8,16H,1-5H2,(H,17,18). The molecule has 0 aromatic heterocycles. The zero-order chi connectivity index (χ0) is 13.1.